The molecule has 114 valence electrons. The summed E-state index contributed by atoms with van der Waals surface area (Å²) < 4.78 is 0. The Balaban J connectivity index is 2.34. The molecular formula is C17H24N2O2. The summed E-state index contributed by atoms with van der Waals surface area (Å²) in [7, 11) is 0. The summed E-state index contributed by atoms with van der Waals surface area (Å²) >= 11 is 0. The fraction of sp³-hybridized carbons (Fsp3) is 0.529. The molecule has 0 aliphatic carbocycles. The van der Waals surface area contributed by atoms with Crippen LogP contribution in [0.4, 0.5) is 5.69 Å². The molecule has 0 bridgehead atoms. The number of nitrogens with zero attached hydrogens (tertiary/aromatic N) is 1. The lowest BCUT2D eigenvalue weighted by Crippen LogP contribution is -2.48. The molecule has 1 saturated heterocycles. The average molecular weight is 288 g/mol. The van der Waals surface area contributed by atoms with E-state index in [1.807, 2.05) is 39.0 Å². The highest BCUT2D eigenvalue weighted by atomic mass is 16.2. The molecule has 1 N–H and O–H groups in total. The maximum atomic E-state index is 12.8. The molecule has 1 heterocycles. The summed E-state index contributed by atoms with van der Waals surface area (Å²) in [6, 6.07) is 5.59. The van der Waals surface area contributed by atoms with Gasteiger partial charge in [-0.15, -0.1) is 0 Å². The molecule has 0 radical (unpaired) electrons. The van der Waals surface area contributed by atoms with Gasteiger partial charge in [-0.3, -0.25) is 9.59 Å². The quantitative estimate of drug-likeness (QED) is 0.929. The van der Waals surface area contributed by atoms with E-state index >= 15 is 0 Å². The van der Waals surface area contributed by atoms with Crippen LogP contribution in [-0.4, -0.2) is 24.4 Å². The normalized spacial score (nSPS) is 21.0. The first-order valence-corrected chi connectivity index (χ1v) is 7.62. The zero-order valence-electron chi connectivity index (χ0n) is 13.3. The van der Waals surface area contributed by atoms with Gasteiger partial charge in [-0.1, -0.05) is 26.3 Å². The molecule has 2 rings (SSSR count). The molecule has 1 fully saturated rings. The van der Waals surface area contributed by atoms with Gasteiger partial charge in [0.25, 0.3) is 0 Å². The molecule has 4 heteroatoms. The average Bonchev–Trinajstić information content (AvgIpc) is 2.61. The Labute approximate surface area is 126 Å². The molecule has 2 atom stereocenters. The highest BCUT2D eigenvalue weighted by molar-refractivity contribution is 6.01. The topological polar surface area (TPSA) is 49.4 Å². The maximum absolute atomic E-state index is 12.8. The van der Waals surface area contributed by atoms with E-state index in [4.69, 9.17) is 0 Å². The lowest BCUT2D eigenvalue weighted by molar-refractivity contribution is -0.126. The molecular weight excluding hydrogens is 264 g/mol. The van der Waals surface area contributed by atoms with Crippen LogP contribution in [0.5, 0.6) is 0 Å². The third-order valence-electron chi connectivity index (χ3n) is 4.43. The monoisotopic (exact) mass is 288 g/mol. The number of carbonyl (C=O) groups is 2. The molecule has 0 spiro atoms. The van der Waals surface area contributed by atoms with Crippen molar-refractivity contribution in [3.8, 4) is 0 Å². The Hall–Kier alpha value is -1.84. The van der Waals surface area contributed by atoms with Crippen molar-refractivity contribution in [3.05, 3.63) is 29.3 Å². The van der Waals surface area contributed by atoms with E-state index in [0.717, 1.165) is 17.7 Å². The highest BCUT2D eigenvalue weighted by Gasteiger charge is 2.33. The summed E-state index contributed by atoms with van der Waals surface area (Å²) in [4.78, 5) is 26.4. The van der Waals surface area contributed by atoms with Crippen molar-refractivity contribution in [1.82, 2.24) is 5.32 Å². The Morgan fingerprint density at radius 1 is 1.29 bits per heavy atom. The summed E-state index contributed by atoms with van der Waals surface area (Å²) in [6.07, 6.45) is 1.21. The van der Waals surface area contributed by atoms with Gasteiger partial charge in [0.2, 0.25) is 11.8 Å². The third-order valence-corrected chi connectivity index (χ3v) is 4.43. The minimum absolute atomic E-state index is 0.00143. The lowest BCUT2D eigenvalue weighted by Gasteiger charge is -2.27. The van der Waals surface area contributed by atoms with Crippen molar-refractivity contribution in [2.75, 3.05) is 11.4 Å². The second-order valence-corrected chi connectivity index (χ2v) is 5.94. The van der Waals surface area contributed by atoms with Gasteiger partial charge in [-0.25, -0.2) is 0 Å². The van der Waals surface area contributed by atoms with E-state index in [1.165, 1.54) is 5.56 Å². The lowest BCUT2D eigenvalue weighted by atomic mass is 9.98. The van der Waals surface area contributed by atoms with E-state index in [1.54, 1.807) is 4.90 Å². The van der Waals surface area contributed by atoms with Gasteiger partial charge in [0.1, 0.15) is 6.04 Å². The van der Waals surface area contributed by atoms with Crippen LogP contribution >= 0.6 is 0 Å². The SMILES string of the molecule is CCC(C)C1NC(=O)CCN(c2ccc(C)c(C)c2)C1=O. The summed E-state index contributed by atoms with van der Waals surface area (Å²) in [5.74, 6) is 0.0898. The van der Waals surface area contributed by atoms with E-state index < -0.39 is 6.04 Å². The number of aryl methyl sites for hydroxylation is 2. The third kappa shape index (κ3) is 3.26. The second-order valence-electron chi connectivity index (χ2n) is 5.94. The molecule has 1 aromatic carbocycles. The van der Waals surface area contributed by atoms with Crippen molar-refractivity contribution in [2.24, 2.45) is 5.92 Å². The number of hydrogen-bond donors (Lipinski definition) is 1. The second kappa shape index (κ2) is 6.29. The van der Waals surface area contributed by atoms with E-state index in [0.29, 0.717) is 13.0 Å². The van der Waals surface area contributed by atoms with Crippen LogP contribution in [0.25, 0.3) is 0 Å². The zero-order chi connectivity index (χ0) is 15.6. The van der Waals surface area contributed by atoms with E-state index in [2.05, 4.69) is 12.2 Å². The first-order valence-electron chi connectivity index (χ1n) is 7.62. The van der Waals surface area contributed by atoms with Crippen molar-refractivity contribution >= 4 is 17.5 Å². The number of nitrogens with one attached hydrogen (secondary N) is 1. The van der Waals surface area contributed by atoms with Gasteiger partial charge >= 0.3 is 0 Å². The molecule has 4 nitrogen and oxygen atoms in total. The number of rotatable bonds is 3. The van der Waals surface area contributed by atoms with Crippen LogP contribution in [0.3, 0.4) is 0 Å². The molecule has 1 aliphatic rings. The predicted octanol–water partition coefficient (Wildman–Crippen LogP) is 2.57. The van der Waals surface area contributed by atoms with Crippen molar-refractivity contribution in [1.29, 1.82) is 0 Å². The van der Waals surface area contributed by atoms with Crippen LogP contribution in [0.2, 0.25) is 0 Å². The number of anilines is 1. The fourth-order valence-corrected chi connectivity index (χ4v) is 2.57. The van der Waals surface area contributed by atoms with Gasteiger partial charge in [0.05, 0.1) is 0 Å². The smallest absolute Gasteiger partial charge is 0.249 e. The van der Waals surface area contributed by atoms with E-state index in [-0.39, 0.29) is 17.7 Å². The minimum Gasteiger partial charge on any atom is -0.344 e. The maximum Gasteiger partial charge on any atom is 0.249 e. The highest BCUT2D eigenvalue weighted by Crippen LogP contribution is 2.23. The molecule has 2 unspecified atom stereocenters. The molecule has 1 aliphatic heterocycles. The molecule has 2 amide bonds. The van der Waals surface area contributed by atoms with Gasteiger partial charge in [0, 0.05) is 18.7 Å². The number of carbonyl (C=O) groups excluding carboxylic acids is 2. The Kier molecular flexibility index (Phi) is 4.66. The Morgan fingerprint density at radius 2 is 2.00 bits per heavy atom. The fourth-order valence-electron chi connectivity index (χ4n) is 2.57. The van der Waals surface area contributed by atoms with Crippen molar-refractivity contribution in [2.45, 2.75) is 46.6 Å². The number of benzene rings is 1. The van der Waals surface area contributed by atoms with Crippen molar-refractivity contribution < 1.29 is 9.59 Å². The molecule has 21 heavy (non-hydrogen) atoms. The van der Waals surface area contributed by atoms with Crippen molar-refractivity contribution in [3.63, 3.8) is 0 Å². The predicted molar refractivity (Wildman–Crippen MR) is 84.3 cm³/mol. The van der Waals surface area contributed by atoms with Gasteiger partial charge in [0.15, 0.2) is 0 Å². The van der Waals surface area contributed by atoms with Gasteiger partial charge in [-0.05, 0) is 43.0 Å². The standard InChI is InChI=1S/C17H24N2O2/c1-5-11(2)16-17(21)19(9-8-15(20)18-16)14-7-6-12(3)13(4)10-14/h6-7,10-11,16H,5,8-9H2,1-4H3,(H,18,20). The number of hydrogen-bond acceptors (Lipinski definition) is 2. The van der Waals surface area contributed by atoms with Crippen LogP contribution in [0.15, 0.2) is 18.2 Å². The largest absolute Gasteiger partial charge is 0.344 e. The first-order chi connectivity index (χ1) is 9.93. The van der Waals surface area contributed by atoms with E-state index in [9.17, 15) is 9.59 Å². The summed E-state index contributed by atoms with van der Waals surface area (Å²) in [5, 5.41) is 2.87. The van der Waals surface area contributed by atoms with Gasteiger partial charge in [-0.2, -0.15) is 0 Å². The Bertz CT molecular complexity index is 554. The van der Waals surface area contributed by atoms with Crippen LogP contribution < -0.4 is 10.2 Å². The number of amides is 2. The molecule has 0 saturated carbocycles. The minimum atomic E-state index is -0.424. The first kappa shape index (κ1) is 15.5. The zero-order valence-corrected chi connectivity index (χ0v) is 13.3. The van der Waals surface area contributed by atoms with Gasteiger partial charge < -0.3 is 10.2 Å². The van der Waals surface area contributed by atoms with Crippen LogP contribution in [0.1, 0.15) is 37.8 Å². The molecule has 0 aromatic heterocycles. The summed E-state index contributed by atoms with van der Waals surface area (Å²) in [5.41, 5.74) is 3.24. The Morgan fingerprint density at radius 3 is 2.62 bits per heavy atom. The molecule has 1 aromatic rings. The summed E-state index contributed by atoms with van der Waals surface area (Å²) in [6.45, 7) is 8.58. The van der Waals surface area contributed by atoms with Crippen LogP contribution in [0, 0.1) is 19.8 Å². The van der Waals surface area contributed by atoms with Crippen LogP contribution in [-0.2, 0) is 9.59 Å².